The molecule has 53 heavy (non-hydrogen) atoms. The summed E-state index contributed by atoms with van der Waals surface area (Å²) < 4.78 is 16.8. The first-order valence-corrected chi connectivity index (χ1v) is 17.0. The zero-order valence-electron chi connectivity index (χ0n) is 29.6. The van der Waals surface area contributed by atoms with Gasteiger partial charge in [0.2, 0.25) is 11.8 Å². The summed E-state index contributed by atoms with van der Waals surface area (Å²) in [6.45, 7) is 6.02. The van der Waals surface area contributed by atoms with Gasteiger partial charge in [0.15, 0.2) is 11.2 Å². The number of ether oxygens (including phenoxy) is 1. The van der Waals surface area contributed by atoms with Crippen LogP contribution in [0.2, 0.25) is 0 Å². The van der Waals surface area contributed by atoms with Crippen LogP contribution in [0.1, 0.15) is 37.4 Å². The number of rotatable bonds is 7. The molecule has 0 aliphatic rings. The number of amides is 2. The third-order valence-corrected chi connectivity index (χ3v) is 8.55. The van der Waals surface area contributed by atoms with Gasteiger partial charge in [-0.2, -0.15) is 0 Å². The van der Waals surface area contributed by atoms with Crippen molar-refractivity contribution < 1.29 is 23.2 Å². The van der Waals surface area contributed by atoms with E-state index in [1.807, 2.05) is 124 Å². The minimum absolute atomic E-state index is 0.147. The summed E-state index contributed by atoms with van der Waals surface area (Å²) >= 11 is 0. The Morgan fingerprint density at radius 2 is 0.887 bits per heavy atom. The molecule has 0 fully saturated rings. The standard InChI is InChI=1S/C22H18N2O3.C22H18N2O2/c1-14-3-5-15(6-4-14)21(25)23-17-9-12-20-19(13-17)24-22(27-20)16-7-10-18(26-2)11-8-16;1-14-3-7-16(8-4-14)21(25)23-18-11-12-20-19(13-18)24-22(26-20)17-9-5-15(2)6-10-17/h3-13H,1-2H3,(H,23,25);3-13H,1-2H3,(H,23,25). The lowest BCUT2D eigenvalue weighted by Gasteiger charge is -2.05. The molecule has 0 radical (unpaired) electrons. The Morgan fingerprint density at radius 3 is 1.28 bits per heavy atom. The normalized spacial score (nSPS) is 10.8. The molecular formula is C44H36N4O5. The van der Waals surface area contributed by atoms with E-state index in [9.17, 15) is 9.59 Å². The van der Waals surface area contributed by atoms with Crippen molar-refractivity contribution in [3.8, 4) is 28.7 Å². The number of hydrogen-bond donors (Lipinski definition) is 2. The SMILES string of the molecule is COc1ccc(-c2nc3cc(NC(=O)c4ccc(C)cc4)ccc3o2)cc1.Cc1ccc(C(=O)Nc2ccc3oc(-c4ccc(C)cc4)nc3c2)cc1. The number of anilines is 2. The molecular weight excluding hydrogens is 665 g/mol. The molecule has 6 aromatic carbocycles. The smallest absolute Gasteiger partial charge is 0.255 e. The van der Waals surface area contributed by atoms with Crippen LogP contribution in [0.4, 0.5) is 11.4 Å². The van der Waals surface area contributed by atoms with E-state index in [1.165, 1.54) is 5.56 Å². The number of oxazole rings is 2. The maximum absolute atomic E-state index is 12.4. The van der Waals surface area contributed by atoms with Crippen LogP contribution in [0.3, 0.4) is 0 Å². The number of carbonyl (C=O) groups is 2. The number of hydrogen-bond acceptors (Lipinski definition) is 7. The molecule has 9 heteroatoms. The summed E-state index contributed by atoms with van der Waals surface area (Å²) in [6.07, 6.45) is 0. The van der Waals surface area contributed by atoms with E-state index < -0.39 is 0 Å². The van der Waals surface area contributed by atoms with Crippen LogP contribution in [0.5, 0.6) is 5.75 Å². The maximum atomic E-state index is 12.4. The van der Waals surface area contributed by atoms with Crippen LogP contribution in [-0.2, 0) is 0 Å². The molecule has 9 nitrogen and oxygen atoms in total. The van der Waals surface area contributed by atoms with Gasteiger partial charge >= 0.3 is 0 Å². The number of nitrogens with one attached hydrogen (secondary N) is 2. The predicted octanol–water partition coefficient (Wildman–Crippen LogP) is 10.4. The van der Waals surface area contributed by atoms with Crippen molar-refractivity contribution in [1.29, 1.82) is 0 Å². The summed E-state index contributed by atoms with van der Waals surface area (Å²) in [5.74, 6) is 1.56. The largest absolute Gasteiger partial charge is 0.497 e. The van der Waals surface area contributed by atoms with E-state index in [-0.39, 0.29) is 11.8 Å². The average Bonchev–Trinajstić information content (AvgIpc) is 3.80. The van der Waals surface area contributed by atoms with Crippen molar-refractivity contribution in [1.82, 2.24) is 9.97 Å². The van der Waals surface area contributed by atoms with Crippen LogP contribution in [0, 0.1) is 20.8 Å². The Morgan fingerprint density at radius 1 is 0.509 bits per heavy atom. The van der Waals surface area contributed by atoms with Gasteiger partial charge in [-0.05, 0) is 118 Å². The monoisotopic (exact) mass is 700 g/mol. The van der Waals surface area contributed by atoms with Gasteiger partial charge in [-0.25, -0.2) is 9.97 Å². The summed E-state index contributed by atoms with van der Waals surface area (Å²) in [4.78, 5) is 33.8. The molecule has 262 valence electrons. The van der Waals surface area contributed by atoms with E-state index >= 15 is 0 Å². The van der Waals surface area contributed by atoms with E-state index in [1.54, 1.807) is 37.4 Å². The molecule has 0 aliphatic heterocycles. The molecule has 2 heterocycles. The Bertz CT molecular complexity index is 2530. The summed E-state index contributed by atoms with van der Waals surface area (Å²) in [7, 11) is 1.63. The second kappa shape index (κ2) is 15.1. The Labute approximate surface area is 306 Å². The fourth-order valence-electron chi connectivity index (χ4n) is 5.50. The second-order valence-corrected chi connectivity index (χ2v) is 12.6. The zero-order chi connectivity index (χ0) is 36.9. The Hall–Kier alpha value is -7.00. The first-order valence-electron chi connectivity index (χ1n) is 17.0. The first-order chi connectivity index (χ1) is 25.7. The molecule has 0 saturated heterocycles. The molecule has 0 unspecified atom stereocenters. The molecule has 2 aromatic heterocycles. The highest BCUT2D eigenvalue weighted by atomic mass is 16.5. The molecule has 8 rings (SSSR count). The zero-order valence-corrected chi connectivity index (χ0v) is 29.6. The molecule has 0 aliphatic carbocycles. The molecule has 2 amide bonds. The fourth-order valence-corrected chi connectivity index (χ4v) is 5.50. The number of benzene rings is 6. The number of fused-ring (bicyclic) bond motifs is 2. The number of methoxy groups -OCH3 is 1. The van der Waals surface area contributed by atoms with Crippen molar-refractivity contribution in [2.75, 3.05) is 17.7 Å². The van der Waals surface area contributed by atoms with E-state index in [2.05, 4.69) is 20.6 Å². The minimum Gasteiger partial charge on any atom is -0.497 e. The highest BCUT2D eigenvalue weighted by molar-refractivity contribution is 6.05. The molecule has 0 atom stereocenters. The van der Waals surface area contributed by atoms with Gasteiger partial charge in [0.05, 0.1) is 7.11 Å². The van der Waals surface area contributed by atoms with Gasteiger partial charge in [0.1, 0.15) is 16.8 Å². The van der Waals surface area contributed by atoms with Crippen molar-refractivity contribution in [2.45, 2.75) is 20.8 Å². The van der Waals surface area contributed by atoms with E-state index in [0.717, 1.165) is 28.0 Å². The number of nitrogens with zero attached hydrogens (tertiary/aromatic N) is 2. The third-order valence-electron chi connectivity index (χ3n) is 8.55. The Kier molecular flexibility index (Phi) is 9.80. The number of aromatic nitrogens is 2. The van der Waals surface area contributed by atoms with Gasteiger partial charge < -0.3 is 24.2 Å². The maximum Gasteiger partial charge on any atom is 0.255 e. The molecule has 2 N–H and O–H groups in total. The van der Waals surface area contributed by atoms with Crippen LogP contribution in [-0.4, -0.2) is 28.9 Å². The van der Waals surface area contributed by atoms with Gasteiger partial charge in [0.25, 0.3) is 11.8 Å². The summed E-state index contributed by atoms with van der Waals surface area (Å²) in [5.41, 5.74) is 10.5. The van der Waals surface area contributed by atoms with E-state index in [0.29, 0.717) is 56.5 Å². The molecule has 0 spiro atoms. The van der Waals surface area contributed by atoms with Gasteiger partial charge in [0, 0.05) is 33.6 Å². The first kappa shape index (κ1) is 34.4. The van der Waals surface area contributed by atoms with Gasteiger partial charge in [-0.15, -0.1) is 0 Å². The predicted molar refractivity (Wildman–Crippen MR) is 208 cm³/mol. The molecule has 0 bridgehead atoms. The van der Waals surface area contributed by atoms with Crippen LogP contribution >= 0.6 is 0 Å². The minimum atomic E-state index is -0.159. The van der Waals surface area contributed by atoms with Crippen LogP contribution in [0.15, 0.2) is 142 Å². The number of aryl methyl sites for hydroxylation is 3. The van der Waals surface area contributed by atoms with Crippen molar-refractivity contribution in [3.63, 3.8) is 0 Å². The molecule has 8 aromatic rings. The fraction of sp³-hybridized carbons (Fsp3) is 0.0909. The number of carbonyl (C=O) groups excluding carboxylic acids is 2. The highest BCUT2D eigenvalue weighted by Gasteiger charge is 2.13. The second-order valence-electron chi connectivity index (χ2n) is 12.6. The summed E-state index contributed by atoms with van der Waals surface area (Å²) in [5, 5.41) is 5.80. The highest BCUT2D eigenvalue weighted by Crippen LogP contribution is 2.29. The topological polar surface area (TPSA) is 119 Å². The van der Waals surface area contributed by atoms with Crippen molar-refractivity contribution >= 4 is 45.4 Å². The van der Waals surface area contributed by atoms with Crippen LogP contribution < -0.4 is 15.4 Å². The van der Waals surface area contributed by atoms with Gasteiger partial charge in [-0.1, -0.05) is 53.1 Å². The van der Waals surface area contributed by atoms with Crippen LogP contribution in [0.25, 0.3) is 45.1 Å². The quantitative estimate of drug-likeness (QED) is 0.170. The van der Waals surface area contributed by atoms with Crippen molar-refractivity contribution in [2.24, 2.45) is 0 Å². The van der Waals surface area contributed by atoms with Gasteiger partial charge in [-0.3, -0.25) is 9.59 Å². The Balaban J connectivity index is 0.000000164. The lowest BCUT2D eigenvalue weighted by molar-refractivity contribution is 0.101. The molecule has 0 saturated carbocycles. The lowest BCUT2D eigenvalue weighted by atomic mass is 10.1. The lowest BCUT2D eigenvalue weighted by Crippen LogP contribution is -2.11. The average molecular weight is 701 g/mol. The third kappa shape index (κ3) is 8.16. The summed E-state index contributed by atoms with van der Waals surface area (Å²) in [6, 6.07) is 41.3. The van der Waals surface area contributed by atoms with E-state index in [4.69, 9.17) is 13.6 Å². The van der Waals surface area contributed by atoms with Crippen molar-refractivity contribution in [3.05, 3.63) is 161 Å².